The van der Waals surface area contributed by atoms with E-state index in [0.717, 1.165) is 35.5 Å². The number of anilines is 2. The molecule has 1 aromatic carbocycles. The van der Waals surface area contributed by atoms with Crippen LogP contribution in [0.2, 0.25) is 0 Å². The first-order chi connectivity index (χ1) is 9.91. The van der Waals surface area contributed by atoms with Gasteiger partial charge in [0, 0.05) is 12.8 Å². The van der Waals surface area contributed by atoms with E-state index in [-0.39, 0.29) is 10.7 Å². The van der Waals surface area contributed by atoms with E-state index >= 15 is 0 Å². The number of hydrogen-bond acceptors (Lipinski definition) is 7. The van der Waals surface area contributed by atoms with E-state index in [2.05, 4.69) is 9.69 Å². The number of sulfone groups is 1. The summed E-state index contributed by atoms with van der Waals surface area (Å²) in [5, 5.41) is 3.57. The average Bonchev–Trinajstić information content (AvgIpc) is 2.80. The van der Waals surface area contributed by atoms with Crippen LogP contribution in [0.25, 0.3) is 0 Å². The largest absolute Gasteiger partial charge is 0.497 e. The van der Waals surface area contributed by atoms with Gasteiger partial charge in [0.25, 0.3) is 0 Å². The first kappa shape index (κ1) is 15.6. The van der Waals surface area contributed by atoms with Crippen LogP contribution in [-0.2, 0) is 16.3 Å². The lowest BCUT2D eigenvalue weighted by molar-refractivity contribution is 0.414. The molecule has 0 bridgehead atoms. The zero-order valence-electron chi connectivity index (χ0n) is 11.8. The minimum Gasteiger partial charge on any atom is -0.497 e. The second kappa shape index (κ2) is 6.31. The highest BCUT2D eigenvalue weighted by molar-refractivity contribution is 7.91. The van der Waals surface area contributed by atoms with Crippen LogP contribution in [-0.4, -0.2) is 32.7 Å². The zero-order chi connectivity index (χ0) is 15.5. The number of nitrogen functional groups attached to an aromatic ring is 1. The topological polar surface area (TPSA) is 94.3 Å². The molecule has 0 saturated heterocycles. The van der Waals surface area contributed by atoms with E-state index in [0.29, 0.717) is 11.5 Å². The molecule has 2 rings (SSSR count). The van der Waals surface area contributed by atoms with Crippen molar-refractivity contribution in [2.24, 2.45) is 0 Å². The fraction of sp³-hybridized carbons (Fsp3) is 0.308. The molecule has 0 radical (unpaired) electrons. The van der Waals surface area contributed by atoms with Crippen molar-refractivity contribution in [3.05, 3.63) is 29.8 Å². The molecule has 21 heavy (non-hydrogen) atoms. The van der Waals surface area contributed by atoms with Crippen molar-refractivity contribution in [1.29, 1.82) is 0 Å². The molecule has 0 saturated carbocycles. The Bertz CT molecular complexity index is 726. The summed E-state index contributed by atoms with van der Waals surface area (Å²) in [7, 11) is -1.77. The maximum Gasteiger partial charge on any atom is 0.182 e. The summed E-state index contributed by atoms with van der Waals surface area (Å²) in [5.41, 5.74) is 6.71. The summed E-state index contributed by atoms with van der Waals surface area (Å²) in [6.45, 7) is 0.581. The van der Waals surface area contributed by atoms with Gasteiger partial charge in [-0.3, -0.25) is 0 Å². The van der Waals surface area contributed by atoms with Crippen molar-refractivity contribution >= 4 is 32.2 Å². The average molecular weight is 327 g/mol. The number of ether oxygens (including phenoxy) is 1. The molecule has 3 N–H and O–H groups in total. The van der Waals surface area contributed by atoms with Crippen molar-refractivity contribution in [2.45, 2.75) is 11.3 Å². The smallest absolute Gasteiger partial charge is 0.182 e. The molecule has 0 fully saturated rings. The van der Waals surface area contributed by atoms with E-state index < -0.39 is 9.84 Å². The van der Waals surface area contributed by atoms with Crippen molar-refractivity contribution < 1.29 is 13.2 Å². The Morgan fingerprint density at radius 2 is 2.19 bits per heavy atom. The molecule has 114 valence electrons. The predicted octanol–water partition coefficient (Wildman–Crippen LogP) is 1.79. The third-order valence-corrected chi connectivity index (χ3v) is 4.98. The number of methoxy groups -OCH3 is 1. The lowest BCUT2D eigenvalue weighted by Crippen LogP contribution is -2.08. The van der Waals surface area contributed by atoms with E-state index in [1.54, 1.807) is 7.11 Å². The summed E-state index contributed by atoms with van der Waals surface area (Å²) in [6, 6.07) is 7.73. The van der Waals surface area contributed by atoms with Crippen LogP contribution in [0.5, 0.6) is 5.75 Å². The first-order valence-corrected chi connectivity index (χ1v) is 8.90. The molecule has 1 aromatic heterocycles. The molecule has 0 unspecified atom stereocenters. The number of nitrogens with one attached hydrogen (secondary N) is 1. The number of nitrogens with two attached hydrogens (primary N) is 1. The van der Waals surface area contributed by atoms with E-state index in [9.17, 15) is 8.42 Å². The van der Waals surface area contributed by atoms with Crippen molar-refractivity contribution in [2.75, 3.05) is 31.0 Å². The van der Waals surface area contributed by atoms with Gasteiger partial charge in [-0.05, 0) is 35.6 Å². The molecule has 1 heterocycles. The number of benzene rings is 1. The molecule has 2 aromatic rings. The molecule has 0 amide bonds. The number of hydrogen-bond donors (Lipinski definition) is 2. The van der Waals surface area contributed by atoms with Gasteiger partial charge in [-0.1, -0.05) is 12.1 Å². The Morgan fingerprint density at radius 1 is 1.43 bits per heavy atom. The fourth-order valence-electron chi connectivity index (χ4n) is 1.91. The second-order valence-electron chi connectivity index (χ2n) is 4.53. The van der Waals surface area contributed by atoms with Crippen LogP contribution in [0.15, 0.2) is 29.2 Å². The van der Waals surface area contributed by atoms with Gasteiger partial charge in [0.05, 0.1) is 7.11 Å². The third kappa shape index (κ3) is 3.85. The van der Waals surface area contributed by atoms with Gasteiger partial charge >= 0.3 is 0 Å². The quantitative estimate of drug-likeness (QED) is 0.840. The Kier molecular flexibility index (Phi) is 4.69. The Labute approximate surface area is 128 Å². The summed E-state index contributed by atoms with van der Waals surface area (Å²) in [4.78, 5) is 0.0816. The van der Waals surface area contributed by atoms with E-state index in [1.807, 2.05) is 24.3 Å². The van der Waals surface area contributed by atoms with Gasteiger partial charge in [0.15, 0.2) is 15.7 Å². The van der Waals surface area contributed by atoms with Gasteiger partial charge in [-0.15, -0.1) is 0 Å². The first-order valence-electron chi connectivity index (χ1n) is 6.24. The number of aromatic nitrogens is 1. The fourth-order valence-corrected chi connectivity index (χ4v) is 4.01. The molecule has 0 aliphatic carbocycles. The molecule has 0 aliphatic heterocycles. The minimum atomic E-state index is -3.39. The maximum atomic E-state index is 11.7. The maximum absolute atomic E-state index is 11.7. The zero-order valence-corrected chi connectivity index (χ0v) is 13.4. The van der Waals surface area contributed by atoms with Gasteiger partial charge in [-0.25, -0.2) is 8.42 Å². The molecule has 6 nitrogen and oxygen atoms in total. The van der Waals surface area contributed by atoms with Crippen LogP contribution < -0.4 is 15.8 Å². The normalized spacial score (nSPS) is 11.3. The third-order valence-electron chi connectivity index (χ3n) is 2.88. The lowest BCUT2D eigenvalue weighted by atomic mass is 10.1. The van der Waals surface area contributed by atoms with Gasteiger partial charge in [-0.2, -0.15) is 4.37 Å². The Balaban J connectivity index is 2.04. The van der Waals surface area contributed by atoms with Crippen molar-refractivity contribution in [3.63, 3.8) is 0 Å². The molecule has 0 spiro atoms. The van der Waals surface area contributed by atoms with Gasteiger partial charge in [0.1, 0.15) is 15.6 Å². The van der Waals surface area contributed by atoms with Crippen molar-refractivity contribution in [3.8, 4) is 5.75 Å². The van der Waals surface area contributed by atoms with Crippen molar-refractivity contribution in [1.82, 2.24) is 4.37 Å². The minimum absolute atomic E-state index is 0.0476. The number of nitrogens with zero attached hydrogens (tertiary/aromatic N) is 1. The lowest BCUT2D eigenvalue weighted by Gasteiger charge is -2.07. The molecule has 0 aliphatic rings. The van der Waals surface area contributed by atoms with Crippen LogP contribution >= 0.6 is 11.5 Å². The second-order valence-corrected chi connectivity index (χ2v) is 7.25. The summed E-state index contributed by atoms with van der Waals surface area (Å²) in [6.07, 6.45) is 1.86. The Morgan fingerprint density at radius 3 is 2.86 bits per heavy atom. The summed E-state index contributed by atoms with van der Waals surface area (Å²) >= 11 is 1.06. The van der Waals surface area contributed by atoms with Crippen LogP contribution in [0.4, 0.5) is 10.8 Å². The monoisotopic (exact) mass is 327 g/mol. The summed E-state index contributed by atoms with van der Waals surface area (Å²) in [5.74, 6) is 0.845. The van der Waals surface area contributed by atoms with E-state index in [1.165, 1.54) is 0 Å². The SMILES string of the molecule is COc1cccc(CCNc2snc(N)c2S(C)(=O)=O)c1. The highest BCUT2D eigenvalue weighted by atomic mass is 32.2. The van der Waals surface area contributed by atoms with Gasteiger partial charge < -0.3 is 15.8 Å². The van der Waals surface area contributed by atoms with Crippen LogP contribution in [0.1, 0.15) is 5.56 Å². The predicted molar refractivity (Wildman–Crippen MR) is 84.8 cm³/mol. The summed E-state index contributed by atoms with van der Waals surface area (Å²) < 4.78 is 32.4. The van der Waals surface area contributed by atoms with E-state index in [4.69, 9.17) is 10.5 Å². The Hall–Kier alpha value is -1.80. The molecular formula is C13H17N3O3S2. The van der Waals surface area contributed by atoms with Crippen LogP contribution in [0, 0.1) is 0 Å². The number of rotatable bonds is 6. The highest BCUT2D eigenvalue weighted by Crippen LogP contribution is 2.31. The highest BCUT2D eigenvalue weighted by Gasteiger charge is 2.20. The standard InChI is InChI=1S/C13H17N3O3S2/c1-19-10-5-3-4-9(8-10)6-7-15-13-11(21(2,17)18)12(14)16-20-13/h3-5,8,15H,6-7H2,1-2H3,(H2,14,16). The molecular weight excluding hydrogens is 310 g/mol. The van der Waals surface area contributed by atoms with Gasteiger partial charge in [0.2, 0.25) is 0 Å². The molecule has 8 heteroatoms. The van der Waals surface area contributed by atoms with Crippen LogP contribution in [0.3, 0.4) is 0 Å². The molecule has 0 atom stereocenters.